The lowest BCUT2D eigenvalue weighted by Gasteiger charge is -2.34. The first-order chi connectivity index (χ1) is 13.1. The van der Waals surface area contributed by atoms with Crippen LogP contribution in [0.3, 0.4) is 0 Å². The quantitative estimate of drug-likeness (QED) is 0.754. The third-order valence-electron chi connectivity index (χ3n) is 5.14. The molecule has 0 unspecified atom stereocenters. The maximum Gasteiger partial charge on any atom is 0.330 e. The second-order valence-corrected chi connectivity index (χ2v) is 6.93. The van der Waals surface area contributed by atoms with Crippen LogP contribution in [0.25, 0.3) is 0 Å². The molecule has 3 heterocycles. The van der Waals surface area contributed by atoms with E-state index in [9.17, 15) is 14.4 Å². The van der Waals surface area contributed by atoms with Crippen molar-refractivity contribution in [2.24, 2.45) is 4.99 Å². The number of urea groups is 1. The Morgan fingerprint density at radius 3 is 2.85 bits per heavy atom. The van der Waals surface area contributed by atoms with Crippen LogP contribution in [0, 0.1) is 0 Å². The highest BCUT2D eigenvalue weighted by molar-refractivity contribution is 6.20. The molecule has 0 saturated carbocycles. The van der Waals surface area contributed by atoms with Gasteiger partial charge in [-0.3, -0.25) is 24.4 Å². The summed E-state index contributed by atoms with van der Waals surface area (Å²) in [6.07, 6.45) is 2.26. The second-order valence-electron chi connectivity index (χ2n) is 6.93. The number of aliphatic imine (C=N–C) groups is 1. The first-order valence-electron chi connectivity index (χ1n) is 9.42. The van der Waals surface area contributed by atoms with Gasteiger partial charge in [0.1, 0.15) is 12.4 Å². The molecule has 1 N–H and O–H groups in total. The zero-order valence-electron chi connectivity index (χ0n) is 15.2. The summed E-state index contributed by atoms with van der Waals surface area (Å²) < 4.78 is 0. The van der Waals surface area contributed by atoms with Crippen LogP contribution < -0.4 is 10.2 Å². The van der Waals surface area contributed by atoms with E-state index in [0.717, 1.165) is 24.2 Å². The minimum Gasteiger partial charge on any atom is -0.354 e. The Hall–Kier alpha value is -2.90. The van der Waals surface area contributed by atoms with Crippen molar-refractivity contribution in [3.63, 3.8) is 0 Å². The van der Waals surface area contributed by atoms with E-state index in [1.807, 2.05) is 29.2 Å². The molecule has 3 aliphatic rings. The van der Waals surface area contributed by atoms with Crippen LogP contribution in [0.2, 0.25) is 0 Å². The molecular formula is C19H23N5O3. The number of hydrogen-bond acceptors (Lipinski definition) is 4. The molecular weight excluding hydrogens is 346 g/mol. The van der Waals surface area contributed by atoms with E-state index in [1.54, 1.807) is 4.90 Å². The highest BCUT2D eigenvalue weighted by Gasteiger charge is 2.37. The zero-order chi connectivity index (χ0) is 18.8. The maximum atomic E-state index is 12.8. The molecule has 142 valence electrons. The van der Waals surface area contributed by atoms with Gasteiger partial charge in [-0.15, -0.1) is 0 Å². The lowest BCUT2D eigenvalue weighted by molar-refractivity contribution is -0.127. The normalized spacial score (nSPS) is 18.5. The first-order valence-corrected chi connectivity index (χ1v) is 9.42. The first kappa shape index (κ1) is 17.5. The topological polar surface area (TPSA) is 85.3 Å². The molecule has 0 radical (unpaired) electrons. The molecule has 1 fully saturated rings. The molecule has 27 heavy (non-hydrogen) atoms. The molecule has 1 aromatic rings. The molecule has 3 aliphatic heterocycles. The molecule has 8 nitrogen and oxygen atoms in total. The van der Waals surface area contributed by atoms with E-state index in [2.05, 4.69) is 10.3 Å². The molecule has 8 heteroatoms. The summed E-state index contributed by atoms with van der Waals surface area (Å²) in [6, 6.07) is 7.33. The van der Waals surface area contributed by atoms with E-state index >= 15 is 0 Å². The summed E-state index contributed by atoms with van der Waals surface area (Å²) in [5, 5.41) is 2.86. The van der Waals surface area contributed by atoms with E-state index in [0.29, 0.717) is 44.9 Å². The molecule has 1 saturated heterocycles. The number of fused-ring (bicyclic) bond motifs is 3. The molecule has 0 spiro atoms. The number of hydrogen-bond donors (Lipinski definition) is 1. The van der Waals surface area contributed by atoms with Gasteiger partial charge in [0.05, 0.1) is 12.2 Å². The molecule has 0 aliphatic carbocycles. The van der Waals surface area contributed by atoms with Gasteiger partial charge in [0.15, 0.2) is 0 Å². The number of rotatable bonds is 6. The average Bonchev–Trinajstić information content (AvgIpc) is 3.32. The van der Waals surface area contributed by atoms with Crippen molar-refractivity contribution in [2.75, 3.05) is 44.2 Å². The van der Waals surface area contributed by atoms with E-state index < -0.39 is 0 Å². The second kappa shape index (κ2) is 7.38. The third-order valence-corrected chi connectivity index (χ3v) is 5.14. The third kappa shape index (κ3) is 3.39. The summed E-state index contributed by atoms with van der Waals surface area (Å²) in [4.78, 5) is 46.2. The number of carbonyl (C=O) groups is 3. The summed E-state index contributed by atoms with van der Waals surface area (Å²) in [6.45, 7) is 3.07. The van der Waals surface area contributed by atoms with Gasteiger partial charge < -0.3 is 10.2 Å². The van der Waals surface area contributed by atoms with Gasteiger partial charge in [-0.05, 0) is 25.0 Å². The fraction of sp³-hybridized carbons (Fsp3) is 0.474. The van der Waals surface area contributed by atoms with Crippen LogP contribution in [0.15, 0.2) is 29.3 Å². The van der Waals surface area contributed by atoms with Crippen LogP contribution >= 0.6 is 0 Å². The van der Waals surface area contributed by atoms with Crippen molar-refractivity contribution in [3.05, 3.63) is 29.8 Å². The van der Waals surface area contributed by atoms with Gasteiger partial charge in [0.25, 0.3) is 0 Å². The van der Waals surface area contributed by atoms with E-state index in [1.165, 1.54) is 4.90 Å². The largest absolute Gasteiger partial charge is 0.354 e. The maximum absolute atomic E-state index is 12.8. The van der Waals surface area contributed by atoms with Gasteiger partial charge >= 0.3 is 6.03 Å². The highest BCUT2D eigenvalue weighted by Crippen LogP contribution is 2.30. The number of benzene rings is 1. The molecule has 1 aromatic carbocycles. The van der Waals surface area contributed by atoms with Gasteiger partial charge in [0, 0.05) is 38.2 Å². The monoisotopic (exact) mass is 369 g/mol. The minimum atomic E-state index is -0.206. The number of amidine groups is 1. The number of likely N-dealkylation sites (tertiary alicyclic amines) is 1. The smallest absolute Gasteiger partial charge is 0.330 e. The van der Waals surface area contributed by atoms with E-state index in [4.69, 9.17) is 0 Å². The predicted octanol–water partition coefficient (Wildman–Crippen LogP) is 0.817. The van der Waals surface area contributed by atoms with E-state index in [-0.39, 0.29) is 24.4 Å². The van der Waals surface area contributed by atoms with Crippen molar-refractivity contribution < 1.29 is 14.4 Å². The molecule has 0 bridgehead atoms. The van der Waals surface area contributed by atoms with Crippen LogP contribution in [0.1, 0.15) is 24.8 Å². The minimum absolute atomic E-state index is 0.0255. The van der Waals surface area contributed by atoms with Gasteiger partial charge in [0.2, 0.25) is 11.8 Å². The van der Waals surface area contributed by atoms with Crippen molar-refractivity contribution >= 4 is 29.4 Å². The standard InChI is InChI=1S/C19H23N5O3/c25-16(20-8-4-11-22-10-3-7-17(22)26)13-24-15-6-2-1-5-14(15)18-21-9-12-23(18)19(24)27/h1-2,5-6H,3-4,7-13H2,(H,20,25). The fourth-order valence-corrected chi connectivity index (χ4v) is 3.80. The van der Waals surface area contributed by atoms with Crippen molar-refractivity contribution in [1.82, 2.24) is 15.1 Å². The summed E-state index contributed by atoms with van der Waals surface area (Å²) in [7, 11) is 0. The van der Waals surface area contributed by atoms with Crippen LogP contribution in [-0.4, -0.2) is 72.7 Å². The molecule has 0 aromatic heterocycles. The number of nitrogens with one attached hydrogen (secondary N) is 1. The summed E-state index contributed by atoms with van der Waals surface area (Å²) in [5.74, 6) is 0.688. The zero-order valence-corrected chi connectivity index (χ0v) is 15.2. The number of amides is 4. The van der Waals surface area contributed by atoms with Crippen LogP contribution in [-0.2, 0) is 9.59 Å². The average molecular weight is 369 g/mol. The molecule has 4 rings (SSSR count). The number of para-hydroxylation sites is 1. The van der Waals surface area contributed by atoms with Gasteiger partial charge in [-0.1, -0.05) is 12.1 Å². The lowest BCUT2D eigenvalue weighted by atomic mass is 10.1. The SMILES string of the molecule is O=C(CN1C(=O)N2CCN=C2c2ccccc21)NCCCN1CCCC1=O. The van der Waals surface area contributed by atoms with Crippen LogP contribution in [0.5, 0.6) is 0 Å². The van der Waals surface area contributed by atoms with Crippen molar-refractivity contribution in [1.29, 1.82) is 0 Å². The number of nitrogens with zero attached hydrogens (tertiary/aromatic N) is 4. The van der Waals surface area contributed by atoms with Crippen molar-refractivity contribution in [3.8, 4) is 0 Å². The van der Waals surface area contributed by atoms with Gasteiger partial charge in [-0.2, -0.15) is 0 Å². The van der Waals surface area contributed by atoms with Crippen molar-refractivity contribution in [2.45, 2.75) is 19.3 Å². The predicted molar refractivity (Wildman–Crippen MR) is 101 cm³/mol. The molecule has 4 amide bonds. The van der Waals surface area contributed by atoms with Crippen LogP contribution in [0.4, 0.5) is 10.5 Å². The van der Waals surface area contributed by atoms with Gasteiger partial charge in [-0.25, -0.2) is 4.79 Å². The highest BCUT2D eigenvalue weighted by atomic mass is 16.2. The number of anilines is 1. The number of carbonyl (C=O) groups excluding carboxylic acids is 3. The Morgan fingerprint density at radius 2 is 2.04 bits per heavy atom. The Kier molecular flexibility index (Phi) is 4.79. The summed E-state index contributed by atoms with van der Waals surface area (Å²) >= 11 is 0. The Balaban J connectivity index is 1.35. The summed E-state index contributed by atoms with van der Waals surface area (Å²) in [5.41, 5.74) is 1.60. The fourth-order valence-electron chi connectivity index (χ4n) is 3.80. The Bertz CT molecular complexity index is 806. The lowest BCUT2D eigenvalue weighted by Crippen LogP contribution is -2.52. The molecule has 0 atom stereocenters. The Morgan fingerprint density at radius 1 is 1.19 bits per heavy atom. The Labute approximate surface area is 157 Å².